The first kappa shape index (κ1) is 31.4. The molecule has 210 valence electrons. The molecule has 0 aromatic carbocycles. The Hall–Kier alpha value is -1.13. The number of quaternary nitrogens is 1. The van der Waals surface area contributed by atoms with E-state index in [1.807, 2.05) is 0 Å². The number of hydrogen-bond donors (Lipinski definition) is 1. The molecule has 3 fully saturated rings. The van der Waals surface area contributed by atoms with Crippen molar-refractivity contribution in [2.45, 2.75) is 51.9 Å². The van der Waals surface area contributed by atoms with Crippen molar-refractivity contribution in [1.29, 1.82) is 0 Å². The zero-order valence-electron chi connectivity index (χ0n) is 24.4. The average Bonchev–Trinajstić information content (AvgIpc) is 3.63. The van der Waals surface area contributed by atoms with E-state index in [0.717, 1.165) is 12.3 Å². The van der Waals surface area contributed by atoms with Gasteiger partial charge in [-0.05, 0) is 103 Å². The topological polar surface area (TPSA) is 4.44 Å². The lowest BCUT2D eigenvalue weighted by molar-refractivity contribution is -0.859. The summed E-state index contributed by atoms with van der Waals surface area (Å²) in [5.74, 6) is 6.47. The molecule has 4 aliphatic carbocycles. The molecule has 0 saturated heterocycles. The van der Waals surface area contributed by atoms with Crippen LogP contribution in [0.15, 0.2) is 87.1 Å². The zero-order valence-corrected chi connectivity index (χ0v) is 26.6. The van der Waals surface area contributed by atoms with Gasteiger partial charge in [0.05, 0.1) is 20.6 Å². The summed E-state index contributed by atoms with van der Waals surface area (Å²) in [6.07, 6.45) is 32.8. The largest absolute Gasteiger partial charge is 1.00 e. The number of nitrogens with one attached hydrogen (secondary N) is 1. The Balaban J connectivity index is 0.00000400. The summed E-state index contributed by atoms with van der Waals surface area (Å²) in [4.78, 5) is 1.55. The maximum absolute atomic E-state index is 4.31. The van der Waals surface area contributed by atoms with Gasteiger partial charge in [-0.25, -0.2) is 0 Å². The van der Waals surface area contributed by atoms with Crippen molar-refractivity contribution in [2.24, 2.45) is 64.6 Å². The fraction of sp³-hybridized carbons (Fsp3) is 0.611. The second-order valence-corrected chi connectivity index (χ2v) is 13.4. The zero-order chi connectivity index (χ0) is 26.6. The highest BCUT2D eigenvalue weighted by Gasteiger charge is 2.44. The molecule has 0 aromatic rings. The minimum absolute atomic E-state index is 0. The van der Waals surface area contributed by atoms with Crippen LogP contribution in [0, 0.1) is 64.6 Å². The van der Waals surface area contributed by atoms with Gasteiger partial charge in [-0.3, -0.25) is 0 Å². The minimum Gasteiger partial charge on any atom is -1.00 e. The lowest BCUT2D eigenvalue weighted by Gasteiger charge is -2.30. The summed E-state index contributed by atoms with van der Waals surface area (Å²) in [5, 5.41) is 0. The first-order valence-electron chi connectivity index (χ1n) is 15.1. The number of hydrogen-bond acceptors (Lipinski definition) is 0. The highest BCUT2D eigenvalue weighted by Crippen LogP contribution is 2.52. The van der Waals surface area contributed by atoms with Crippen molar-refractivity contribution in [1.82, 2.24) is 0 Å². The summed E-state index contributed by atoms with van der Waals surface area (Å²) in [5.41, 5.74) is 0.381. The van der Waals surface area contributed by atoms with Gasteiger partial charge in [0, 0.05) is 6.42 Å². The maximum Gasteiger partial charge on any atom is 0.0772 e. The first-order valence-corrected chi connectivity index (χ1v) is 15.1. The summed E-state index contributed by atoms with van der Waals surface area (Å²) < 4.78 is 0. The van der Waals surface area contributed by atoms with Gasteiger partial charge in [-0.15, -0.1) is 26.3 Å². The van der Waals surface area contributed by atoms with Crippen molar-refractivity contribution in [3.05, 3.63) is 87.1 Å². The van der Waals surface area contributed by atoms with Crippen LogP contribution in [0.4, 0.5) is 0 Å². The predicted molar refractivity (Wildman–Crippen MR) is 161 cm³/mol. The van der Waals surface area contributed by atoms with Crippen molar-refractivity contribution < 1.29 is 28.9 Å². The van der Waals surface area contributed by atoms with Gasteiger partial charge in [0.1, 0.15) is 0 Å². The highest BCUT2D eigenvalue weighted by molar-refractivity contribution is 5.18. The van der Waals surface area contributed by atoms with Crippen molar-refractivity contribution in [3.63, 3.8) is 0 Å². The number of halogens is 1. The molecule has 0 spiro atoms. The molecule has 4 aliphatic rings. The van der Waals surface area contributed by atoms with E-state index in [-0.39, 0.29) is 24.0 Å². The third-order valence-electron chi connectivity index (χ3n) is 10.9. The van der Waals surface area contributed by atoms with Gasteiger partial charge in [-0.2, -0.15) is 0 Å². The molecular formula is C36H54IN. The summed E-state index contributed by atoms with van der Waals surface area (Å²) in [6.45, 7) is 20.5. The molecule has 0 aromatic heterocycles. The highest BCUT2D eigenvalue weighted by atomic mass is 127. The summed E-state index contributed by atoms with van der Waals surface area (Å²) in [7, 11) is 4.56. The molecule has 1 N–H and O–H groups in total. The Morgan fingerprint density at radius 3 is 2.24 bits per heavy atom. The lowest BCUT2D eigenvalue weighted by atomic mass is 9.75. The molecule has 0 radical (unpaired) electrons. The monoisotopic (exact) mass is 627 g/mol. The van der Waals surface area contributed by atoms with Gasteiger partial charge < -0.3 is 28.9 Å². The second kappa shape index (κ2) is 14.0. The fourth-order valence-corrected chi connectivity index (χ4v) is 8.61. The molecule has 1 nitrogen and oxygen atoms in total. The molecule has 4 rings (SSSR count). The van der Waals surface area contributed by atoms with E-state index >= 15 is 0 Å². The standard InChI is InChI=1S/C36H53N.HI/c1-8-13-33-30(18-19-31-22-26(9-2)25-36(31,5)20-21-37(6)7)24-28(32(33)11-4)16-17-29-23-27(10-3)34-14-12-15-35(29)34;/h8-12,14,16-19,26-35H,1-4,13,15,20-25H2,5-7H3;1H/b17-16-,19-18-;. The van der Waals surface area contributed by atoms with Crippen LogP contribution in [0.1, 0.15) is 51.9 Å². The molecule has 3 saturated carbocycles. The Bertz CT molecular complexity index is 910. The van der Waals surface area contributed by atoms with Gasteiger partial charge >= 0.3 is 0 Å². The maximum atomic E-state index is 4.31. The van der Waals surface area contributed by atoms with Crippen LogP contribution in [0.5, 0.6) is 0 Å². The fourth-order valence-electron chi connectivity index (χ4n) is 8.61. The predicted octanol–water partition coefficient (Wildman–Crippen LogP) is 4.50. The van der Waals surface area contributed by atoms with Crippen LogP contribution in [0.2, 0.25) is 0 Å². The molecular weight excluding hydrogens is 573 g/mol. The third-order valence-corrected chi connectivity index (χ3v) is 10.9. The van der Waals surface area contributed by atoms with Gasteiger partial charge in [0.2, 0.25) is 0 Å². The van der Waals surface area contributed by atoms with Gasteiger partial charge in [0.15, 0.2) is 0 Å². The van der Waals surface area contributed by atoms with E-state index in [1.54, 1.807) is 4.90 Å². The number of fused-ring (bicyclic) bond motifs is 1. The third kappa shape index (κ3) is 6.77. The van der Waals surface area contributed by atoms with Crippen LogP contribution < -0.4 is 28.9 Å². The van der Waals surface area contributed by atoms with E-state index in [0.29, 0.717) is 58.7 Å². The Morgan fingerprint density at radius 2 is 1.58 bits per heavy atom. The van der Waals surface area contributed by atoms with Crippen molar-refractivity contribution in [3.8, 4) is 0 Å². The van der Waals surface area contributed by atoms with Gasteiger partial charge in [-0.1, -0.05) is 67.7 Å². The van der Waals surface area contributed by atoms with Gasteiger partial charge in [0.25, 0.3) is 0 Å². The molecule has 2 heteroatoms. The molecule has 0 amide bonds. The normalized spacial score (nSPS) is 42.1. The summed E-state index contributed by atoms with van der Waals surface area (Å²) >= 11 is 0. The van der Waals surface area contributed by atoms with E-state index in [9.17, 15) is 0 Å². The molecule has 11 unspecified atom stereocenters. The van der Waals surface area contributed by atoms with Crippen LogP contribution >= 0.6 is 0 Å². The number of allylic oxidation sites excluding steroid dienone is 10. The quantitative estimate of drug-likeness (QED) is 0.240. The lowest BCUT2D eigenvalue weighted by Crippen LogP contribution is -3.05. The van der Waals surface area contributed by atoms with Crippen LogP contribution in [-0.4, -0.2) is 20.6 Å². The van der Waals surface area contributed by atoms with Crippen LogP contribution in [0.25, 0.3) is 0 Å². The Labute approximate surface area is 252 Å². The molecule has 0 heterocycles. The van der Waals surface area contributed by atoms with Crippen LogP contribution in [-0.2, 0) is 0 Å². The summed E-state index contributed by atoms with van der Waals surface area (Å²) in [6, 6.07) is 0. The SMILES string of the molecule is C=CCC1C(/C=C\C2CC(C=C)CC2(C)CC[NH+](C)C)CC(/C=C\C2CC(C=C)C3C=CCC23)C1C=C.[I-]. The molecule has 38 heavy (non-hydrogen) atoms. The number of rotatable bonds is 12. The first-order chi connectivity index (χ1) is 17.8. The van der Waals surface area contributed by atoms with Crippen molar-refractivity contribution >= 4 is 0 Å². The Morgan fingerprint density at radius 1 is 0.868 bits per heavy atom. The minimum atomic E-state index is 0. The molecule has 0 bridgehead atoms. The van der Waals surface area contributed by atoms with E-state index in [1.165, 1.54) is 45.1 Å². The molecule has 0 aliphatic heterocycles. The van der Waals surface area contributed by atoms with E-state index in [2.05, 4.69) is 108 Å². The second-order valence-electron chi connectivity index (χ2n) is 13.4. The smallest absolute Gasteiger partial charge is 0.0772 e. The average molecular weight is 628 g/mol. The van der Waals surface area contributed by atoms with E-state index < -0.39 is 0 Å². The van der Waals surface area contributed by atoms with E-state index in [4.69, 9.17) is 0 Å². The van der Waals surface area contributed by atoms with Crippen LogP contribution in [0.3, 0.4) is 0 Å². The van der Waals surface area contributed by atoms with Crippen molar-refractivity contribution in [2.75, 3.05) is 20.6 Å². The molecule has 11 atom stereocenters. The Kier molecular flexibility index (Phi) is 11.5.